The van der Waals surface area contributed by atoms with Crippen LogP contribution in [0.25, 0.3) is 0 Å². The summed E-state index contributed by atoms with van der Waals surface area (Å²) in [5.41, 5.74) is 7.86. The zero-order valence-electron chi connectivity index (χ0n) is 22.4. The molecule has 2 aromatic carbocycles. The number of hydrogen-bond donors (Lipinski definition) is 8. The number of carbonyl (C=O) groups is 4. The fourth-order valence-electron chi connectivity index (χ4n) is 4.05. The Morgan fingerprint density at radius 2 is 1.49 bits per heavy atom. The summed E-state index contributed by atoms with van der Waals surface area (Å²) < 4.78 is 0. The lowest BCUT2D eigenvalue weighted by Gasteiger charge is -2.26. The van der Waals surface area contributed by atoms with Gasteiger partial charge in [0.25, 0.3) is 0 Å². The fourth-order valence-corrected chi connectivity index (χ4v) is 4.05. The van der Waals surface area contributed by atoms with Gasteiger partial charge >= 0.3 is 5.97 Å². The maximum Gasteiger partial charge on any atom is 0.326 e. The summed E-state index contributed by atoms with van der Waals surface area (Å²) in [7, 11) is 0. The Hall–Kier alpha value is -4.75. The molecule has 3 rings (SSSR count). The Morgan fingerprint density at radius 1 is 0.854 bits per heavy atom. The predicted octanol–water partition coefficient (Wildman–Crippen LogP) is -0.610. The number of carbonyl (C=O) groups excluding carboxylic acids is 3. The molecule has 13 heteroatoms. The van der Waals surface area contributed by atoms with Crippen molar-refractivity contribution in [3.63, 3.8) is 0 Å². The van der Waals surface area contributed by atoms with Gasteiger partial charge in [-0.25, -0.2) is 9.78 Å². The number of aromatic amines is 1. The van der Waals surface area contributed by atoms with Gasteiger partial charge in [0.05, 0.1) is 18.5 Å². The molecule has 0 bridgehead atoms. The normalized spacial score (nSPS) is 14.6. The first kappa shape index (κ1) is 30.8. The van der Waals surface area contributed by atoms with Crippen molar-refractivity contribution in [3.8, 4) is 5.75 Å². The van der Waals surface area contributed by atoms with Crippen molar-refractivity contribution in [2.75, 3.05) is 0 Å². The van der Waals surface area contributed by atoms with Crippen molar-refractivity contribution in [3.05, 3.63) is 83.9 Å². The van der Waals surface area contributed by atoms with Gasteiger partial charge in [-0.3, -0.25) is 14.4 Å². The van der Waals surface area contributed by atoms with Gasteiger partial charge in [-0.1, -0.05) is 42.5 Å². The van der Waals surface area contributed by atoms with E-state index in [0.29, 0.717) is 11.3 Å². The number of H-pyrrole nitrogens is 1. The predicted molar refractivity (Wildman–Crippen MR) is 147 cm³/mol. The van der Waals surface area contributed by atoms with Crippen LogP contribution in [0.4, 0.5) is 0 Å². The van der Waals surface area contributed by atoms with Gasteiger partial charge in [0.2, 0.25) is 17.7 Å². The van der Waals surface area contributed by atoms with E-state index < -0.39 is 54.0 Å². The van der Waals surface area contributed by atoms with Crippen molar-refractivity contribution in [2.45, 2.75) is 56.5 Å². The van der Waals surface area contributed by atoms with Crippen LogP contribution in [0.1, 0.15) is 23.7 Å². The zero-order chi connectivity index (χ0) is 29.9. The van der Waals surface area contributed by atoms with Crippen LogP contribution in [0, 0.1) is 0 Å². The lowest BCUT2D eigenvalue weighted by atomic mass is 10.0. The largest absolute Gasteiger partial charge is 0.508 e. The molecule has 0 spiro atoms. The Bertz CT molecular complexity index is 1300. The molecule has 0 aliphatic carbocycles. The zero-order valence-corrected chi connectivity index (χ0v) is 22.4. The summed E-state index contributed by atoms with van der Waals surface area (Å²) in [5.74, 6) is -3.67. The summed E-state index contributed by atoms with van der Waals surface area (Å²) in [5, 5.41) is 37.0. The van der Waals surface area contributed by atoms with Crippen molar-refractivity contribution in [1.29, 1.82) is 0 Å². The number of hydrogen-bond acceptors (Lipinski definition) is 8. The van der Waals surface area contributed by atoms with Crippen molar-refractivity contribution < 1.29 is 34.5 Å². The number of benzene rings is 2. The number of carboxylic acid groups (broad SMARTS) is 1. The highest BCUT2D eigenvalue weighted by molar-refractivity contribution is 5.94. The number of nitrogens with two attached hydrogens (primary N) is 1. The van der Waals surface area contributed by atoms with E-state index in [0.717, 1.165) is 5.56 Å². The third-order valence-corrected chi connectivity index (χ3v) is 6.30. The molecule has 0 fully saturated rings. The maximum absolute atomic E-state index is 13.3. The monoisotopic (exact) mass is 566 g/mol. The number of rotatable bonds is 14. The summed E-state index contributed by atoms with van der Waals surface area (Å²) in [6.45, 7) is 1.30. The van der Waals surface area contributed by atoms with E-state index in [1.165, 1.54) is 43.7 Å². The second kappa shape index (κ2) is 14.6. The molecule has 3 amide bonds. The van der Waals surface area contributed by atoms with E-state index in [4.69, 9.17) is 5.73 Å². The lowest BCUT2D eigenvalue weighted by Crippen LogP contribution is -2.60. The average Bonchev–Trinajstić information content (AvgIpc) is 3.45. The second-order valence-corrected chi connectivity index (χ2v) is 9.64. The van der Waals surface area contributed by atoms with Gasteiger partial charge in [-0.15, -0.1) is 0 Å². The molecule has 1 heterocycles. The summed E-state index contributed by atoms with van der Waals surface area (Å²) in [4.78, 5) is 57.8. The van der Waals surface area contributed by atoms with Crippen molar-refractivity contribution >= 4 is 23.7 Å². The van der Waals surface area contributed by atoms with Crippen LogP contribution in [-0.4, -0.2) is 79.2 Å². The summed E-state index contributed by atoms with van der Waals surface area (Å²) in [6, 6.07) is 9.79. The Morgan fingerprint density at radius 3 is 2.07 bits per heavy atom. The first-order valence-corrected chi connectivity index (χ1v) is 12.9. The summed E-state index contributed by atoms with van der Waals surface area (Å²) in [6.07, 6.45) is 1.47. The first-order valence-electron chi connectivity index (χ1n) is 12.9. The van der Waals surface area contributed by atoms with Gasteiger partial charge in [-0.05, 0) is 36.6 Å². The molecule has 9 N–H and O–H groups in total. The van der Waals surface area contributed by atoms with E-state index in [9.17, 15) is 34.5 Å². The number of nitrogens with one attached hydrogen (secondary N) is 4. The fraction of sp³-hybridized carbons (Fsp3) is 0.321. The topological polar surface area (TPSA) is 220 Å². The number of amides is 3. The molecule has 218 valence electrons. The Labute approximate surface area is 236 Å². The molecule has 0 radical (unpaired) electrons. The molecule has 0 saturated carbocycles. The molecule has 0 aliphatic heterocycles. The molecule has 41 heavy (non-hydrogen) atoms. The van der Waals surface area contributed by atoms with E-state index in [-0.39, 0.29) is 25.0 Å². The Balaban J connectivity index is 1.75. The van der Waals surface area contributed by atoms with Crippen LogP contribution < -0.4 is 21.7 Å². The van der Waals surface area contributed by atoms with Gasteiger partial charge in [0, 0.05) is 24.7 Å². The molecular weight excluding hydrogens is 532 g/mol. The maximum atomic E-state index is 13.3. The number of aliphatic carboxylic acids is 1. The number of aromatic hydroxyl groups is 1. The summed E-state index contributed by atoms with van der Waals surface area (Å²) >= 11 is 0. The molecule has 5 atom stereocenters. The number of phenolic OH excluding ortho intramolecular Hbond substituents is 1. The minimum atomic E-state index is -1.46. The number of phenols is 1. The third-order valence-electron chi connectivity index (χ3n) is 6.30. The Kier molecular flexibility index (Phi) is 11.0. The highest BCUT2D eigenvalue weighted by Gasteiger charge is 2.32. The quantitative estimate of drug-likeness (QED) is 0.125. The minimum Gasteiger partial charge on any atom is -0.508 e. The molecule has 13 nitrogen and oxygen atoms in total. The van der Waals surface area contributed by atoms with Gasteiger partial charge in [-0.2, -0.15) is 0 Å². The molecule has 1 aromatic heterocycles. The number of nitrogens with zero attached hydrogens (tertiary/aromatic N) is 1. The van der Waals surface area contributed by atoms with Crippen LogP contribution >= 0.6 is 0 Å². The average molecular weight is 567 g/mol. The smallest absolute Gasteiger partial charge is 0.326 e. The SMILES string of the molecule is CC(O)C(NC(=O)C(N)Cc1ccccc1)C(=O)NC(Cc1ccc(O)cc1)C(=O)NC(Cc1cnc[nH]1)C(=O)O. The number of carboxylic acids is 1. The number of aliphatic hydroxyl groups excluding tert-OH is 1. The van der Waals surface area contributed by atoms with Crippen LogP contribution in [0.15, 0.2) is 67.1 Å². The highest BCUT2D eigenvalue weighted by Crippen LogP contribution is 2.12. The second-order valence-electron chi connectivity index (χ2n) is 9.64. The van der Waals surface area contributed by atoms with Crippen LogP contribution in [-0.2, 0) is 38.4 Å². The van der Waals surface area contributed by atoms with Crippen LogP contribution in [0.5, 0.6) is 5.75 Å². The van der Waals surface area contributed by atoms with Crippen molar-refractivity contribution in [2.24, 2.45) is 5.73 Å². The molecule has 5 unspecified atom stereocenters. The van der Waals surface area contributed by atoms with Crippen LogP contribution in [0.3, 0.4) is 0 Å². The van der Waals surface area contributed by atoms with Crippen molar-refractivity contribution in [1.82, 2.24) is 25.9 Å². The van der Waals surface area contributed by atoms with E-state index >= 15 is 0 Å². The minimum absolute atomic E-state index is 0.00647. The van der Waals surface area contributed by atoms with Crippen LogP contribution in [0.2, 0.25) is 0 Å². The molecule has 0 saturated heterocycles. The number of imidazole rings is 1. The van der Waals surface area contributed by atoms with E-state index in [1.54, 1.807) is 24.3 Å². The van der Waals surface area contributed by atoms with E-state index in [2.05, 4.69) is 25.9 Å². The van der Waals surface area contributed by atoms with Gasteiger partial charge < -0.3 is 42.0 Å². The standard InChI is InChI=1S/C28H34N6O7/c1-16(35)24(34-25(37)21(29)11-17-5-3-2-4-6-17)27(39)32-22(12-18-7-9-20(36)10-8-18)26(38)33-23(28(40)41)13-19-14-30-15-31-19/h2-10,14-16,21-24,35-36H,11-13,29H2,1H3,(H,30,31)(H,32,39)(H,33,38)(H,34,37)(H,40,41). The molecule has 0 aliphatic rings. The highest BCUT2D eigenvalue weighted by atomic mass is 16.4. The van der Waals surface area contributed by atoms with Gasteiger partial charge in [0.15, 0.2) is 0 Å². The molecular formula is C28H34N6O7. The molecule has 3 aromatic rings. The van der Waals surface area contributed by atoms with E-state index in [1.807, 2.05) is 6.07 Å². The lowest BCUT2D eigenvalue weighted by molar-refractivity contribution is -0.142. The number of aliphatic hydroxyl groups is 1. The number of aromatic nitrogens is 2. The third kappa shape index (κ3) is 9.44. The van der Waals surface area contributed by atoms with Gasteiger partial charge in [0.1, 0.15) is 23.9 Å². The first-order chi connectivity index (χ1) is 19.5.